The van der Waals surface area contributed by atoms with Crippen LogP contribution in [0.4, 0.5) is 15.8 Å². The molecule has 6 nitrogen and oxygen atoms in total. The van der Waals surface area contributed by atoms with Gasteiger partial charge >= 0.3 is 0 Å². The molecule has 4 aromatic rings. The van der Waals surface area contributed by atoms with Crippen LogP contribution in [-0.4, -0.2) is 11.1 Å². The smallest absolute Gasteiger partial charge is 0.294 e. The van der Waals surface area contributed by atoms with E-state index in [1.54, 1.807) is 12.1 Å². The van der Waals surface area contributed by atoms with Gasteiger partial charge in [-0.15, -0.1) is 0 Å². The van der Waals surface area contributed by atoms with E-state index < -0.39 is 5.82 Å². The first-order valence-corrected chi connectivity index (χ1v) is 10.3. The van der Waals surface area contributed by atoms with Crippen molar-refractivity contribution in [3.63, 3.8) is 0 Å². The molecule has 0 radical (unpaired) electrons. The number of aromatic nitrogens is 1. The summed E-state index contributed by atoms with van der Waals surface area (Å²) < 4.78 is 18.9. The summed E-state index contributed by atoms with van der Waals surface area (Å²) in [5.41, 5.74) is 4.65. The van der Waals surface area contributed by atoms with Crippen molar-refractivity contribution in [1.29, 1.82) is 5.26 Å². The van der Waals surface area contributed by atoms with Gasteiger partial charge in [0.25, 0.3) is 5.91 Å². The minimum Gasteiger partial charge on any atom is -0.377 e. The molecule has 0 saturated heterocycles. The first-order chi connectivity index (χ1) is 16.0. The predicted molar refractivity (Wildman–Crippen MR) is 124 cm³/mol. The number of anilines is 2. The molecule has 1 aromatic heterocycles. The number of nitrogens with one attached hydrogen (secondary N) is 2. The monoisotopic (exact) mass is 440 g/mol. The Morgan fingerprint density at radius 3 is 2.55 bits per heavy atom. The van der Waals surface area contributed by atoms with Crippen LogP contribution in [0.5, 0.6) is 0 Å². The predicted octanol–water partition coefficient (Wildman–Crippen LogP) is 6.09. The molecule has 1 atom stereocenters. The number of aryl methyl sites for hydroxylation is 1. The molecule has 1 heterocycles. The minimum atomic E-state index is -0.534. The summed E-state index contributed by atoms with van der Waals surface area (Å²) >= 11 is 0. The Labute approximate surface area is 190 Å². The second-order valence-electron chi connectivity index (χ2n) is 7.59. The average Bonchev–Trinajstić information content (AvgIpc) is 3.36. The van der Waals surface area contributed by atoms with Crippen molar-refractivity contribution in [1.82, 2.24) is 5.16 Å². The van der Waals surface area contributed by atoms with Crippen LogP contribution in [-0.2, 0) is 0 Å². The largest absolute Gasteiger partial charge is 0.377 e. The molecule has 0 aliphatic heterocycles. The fourth-order valence-electron chi connectivity index (χ4n) is 3.61. The number of amides is 1. The molecule has 1 amide bonds. The minimum absolute atomic E-state index is 0.0309. The molecule has 2 N–H and O–H groups in total. The summed E-state index contributed by atoms with van der Waals surface area (Å²) in [5.74, 6) is -0.791. The molecule has 0 fully saturated rings. The summed E-state index contributed by atoms with van der Waals surface area (Å²) in [5, 5.41) is 19.2. The maximum atomic E-state index is 14.0. The third kappa shape index (κ3) is 4.60. The topological polar surface area (TPSA) is 91.0 Å². The van der Waals surface area contributed by atoms with Gasteiger partial charge in [0.05, 0.1) is 23.1 Å². The Bertz CT molecular complexity index is 1330. The maximum Gasteiger partial charge on any atom is 0.294 e. The van der Waals surface area contributed by atoms with Gasteiger partial charge in [-0.1, -0.05) is 53.7 Å². The van der Waals surface area contributed by atoms with Crippen LogP contribution in [0, 0.1) is 24.1 Å². The van der Waals surface area contributed by atoms with Gasteiger partial charge in [-0.2, -0.15) is 5.26 Å². The van der Waals surface area contributed by atoms with Gasteiger partial charge in [-0.25, -0.2) is 4.39 Å². The van der Waals surface area contributed by atoms with Crippen molar-refractivity contribution in [3.05, 3.63) is 101 Å². The van der Waals surface area contributed by atoms with E-state index in [1.807, 2.05) is 62.4 Å². The number of rotatable bonds is 6. The molecule has 0 aliphatic rings. The van der Waals surface area contributed by atoms with Crippen molar-refractivity contribution >= 4 is 17.3 Å². The van der Waals surface area contributed by atoms with Crippen molar-refractivity contribution < 1.29 is 13.7 Å². The average molecular weight is 440 g/mol. The van der Waals surface area contributed by atoms with Gasteiger partial charge < -0.3 is 15.2 Å². The van der Waals surface area contributed by atoms with Gasteiger partial charge in [-0.05, 0) is 42.7 Å². The van der Waals surface area contributed by atoms with E-state index in [0.29, 0.717) is 11.3 Å². The van der Waals surface area contributed by atoms with Gasteiger partial charge in [0.1, 0.15) is 11.9 Å². The van der Waals surface area contributed by atoms with Crippen LogP contribution in [0.25, 0.3) is 11.1 Å². The summed E-state index contributed by atoms with van der Waals surface area (Å²) in [6.45, 7) is 3.91. The highest BCUT2D eigenvalue weighted by Gasteiger charge is 2.16. The fraction of sp³-hybridized carbons (Fsp3) is 0.115. The van der Waals surface area contributed by atoms with Crippen LogP contribution in [0.15, 0.2) is 77.4 Å². The Morgan fingerprint density at radius 1 is 1.09 bits per heavy atom. The zero-order valence-electron chi connectivity index (χ0n) is 18.1. The molecule has 7 heteroatoms. The molecule has 1 unspecified atom stereocenters. The molecule has 33 heavy (non-hydrogen) atoms. The van der Waals surface area contributed by atoms with E-state index in [4.69, 9.17) is 4.52 Å². The Balaban J connectivity index is 1.55. The standard InChI is InChI=1S/C26H21FN4O2/c1-16-5-3-8-23(25(16)31-26(32)24-13-14-29-33-24)30-17(2)18-9-11-19(12-10-18)20-6-4-7-22(27)21(20)15-28/h3-14,17,30H,1-2H3,(H,31,32). The van der Waals surface area contributed by atoms with Gasteiger partial charge in [0.15, 0.2) is 0 Å². The van der Waals surface area contributed by atoms with E-state index in [9.17, 15) is 14.4 Å². The molecule has 164 valence electrons. The van der Waals surface area contributed by atoms with Crippen LogP contribution in [0.3, 0.4) is 0 Å². The second-order valence-corrected chi connectivity index (χ2v) is 7.59. The highest BCUT2D eigenvalue weighted by Crippen LogP contribution is 2.31. The van der Waals surface area contributed by atoms with Gasteiger partial charge in [-0.3, -0.25) is 4.79 Å². The molecule has 4 rings (SSSR count). The zero-order valence-corrected chi connectivity index (χ0v) is 18.1. The van der Waals surface area contributed by atoms with E-state index in [-0.39, 0.29) is 23.3 Å². The number of hydrogen-bond donors (Lipinski definition) is 2. The number of nitrogens with zero attached hydrogens (tertiary/aromatic N) is 2. The number of carbonyl (C=O) groups is 1. The number of halogens is 1. The first-order valence-electron chi connectivity index (χ1n) is 10.3. The van der Waals surface area contributed by atoms with Gasteiger partial charge in [0.2, 0.25) is 5.76 Å². The van der Waals surface area contributed by atoms with Crippen molar-refractivity contribution in [2.75, 3.05) is 10.6 Å². The molecular weight excluding hydrogens is 419 g/mol. The third-order valence-corrected chi connectivity index (χ3v) is 5.39. The van der Waals surface area contributed by atoms with Gasteiger partial charge in [0, 0.05) is 17.7 Å². The van der Waals surface area contributed by atoms with Crippen molar-refractivity contribution in [3.8, 4) is 17.2 Å². The normalized spacial score (nSPS) is 11.5. The SMILES string of the molecule is Cc1cccc(NC(C)c2ccc(-c3cccc(F)c3C#N)cc2)c1NC(=O)c1ccno1. The molecular formula is C26H21FN4O2. The quantitative estimate of drug-likeness (QED) is 0.379. The number of benzene rings is 3. The lowest BCUT2D eigenvalue weighted by Gasteiger charge is -2.20. The maximum absolute atomic E-state index is 14.0. The first kappa shape index (κ1) is 21.8. The van der Waals surface area contributed by atoms with Crippen LogP contribution in [0.1, 0.15) is 40.2 Å². The second kappa shape index (κ2) is 9.37. The van der Waals surface area contributed by atoms with E-state index >= 15 is 0 Å². The van der Waals surface area contributed by atoms with Crippen LogP contribution in [0.2, 0.25) is 0 Å². The summed E-state index contributed by atoms with van der Waals surface area (Å²) in [4.78, 5) is 12.5. The summed E-state index contributed by atoms with van der Waals surface area (Å²) in [6.07, 6.45) is 1.42. The van der Waals surface area contributed by atoms with Crippen molar-refractivity contribution in [2.45, 2.75) is 19.9 Å². The number of hydrogen-bond acceptors (Lipinski definition) is 5. The van der Waals surface area contributed by atoms with Crippen LogP contribution < -0.4 is 10.6 Å². The molecule has 0 spiro atoms. The summed E-state index contributed by atoms with van der Waals surface area (Å²) in [6, 6.07) is 21.3. The molecule has 3 aromatic carbocycles. The Morgan fingerprint density at radius 2 is 1.85 bits per heavy atom. The summed E-state index contributed by atoms with van der Waals surface area (Å²) in [7, 11) is 0. The van der Waals surface area contributed by atoms with Crippen molar-refractivity contribution in [2.24, 2.45) is 0 Å². The highest BCUT2D eigenvalue weighted by atomic mass is 19.1. The zero-order chi connectivity index (χ0) is 23.4. The highest BCUT2D eigenvalue weighted by molar-refractivity contribution is 6.04. The van der Waals surface area contributed by atoms with E-state index in [1.165, 1.54) is 18.3 Å². The molecule has 0 bridgehead atoms. The fourth-order valence-corrected chi connectivity index (χ4v) is 3.61. The molecule has 0 saturated carbocycles. The number of nitriles is 1. The van der Waals surface area contributed by atoms with Crippen LogP contribution >= 0.6 is 0 Å². The third-order valence-electron chi connectivity index (χ3n) is 5.39. The number of carbonyl (C=O) groups excluding carboxylic acids is 1. The van der Waals surface area contributed by atoms with E-state index in [2.05, 4.69) is 15.8 Å². The Hall–Kier alpha value is -4.44. The number of para-hydroxylation sites is 1. The van der Waals surface area contributed by atoms with E-state index in [0.717, 1.165) is 22.4 Å². The lowest BCUT2D eigenvalue weighted by Crippen LogP contribution is -2.15. The lowest BCUT2D eigenvalue weighted by atomic mass is 9.97. The lowest BCUT2D eigenvalue weighted by molar-refractivity contribution is 0.0988. The Kier molecular flexibility index (Phi) is 6.18. The molecule has 0 aliphatic carbocycles.